The Morgan fingerprint density at radius 3 is 2.61 bits per heavy atom. The third-order valence-electron chi connectivity index (χ3n) is 3.80. The molecule has 0 unspecified atom stereocenters. The molecular formula is C20H20N4O3S. The second-order valence-corrected chi connectivity index (χ2v) is 6.61. The number of thiazole rings is 1. The molecule has 2 aromatic carbocycles. The normalized spacial score (nSPS) is 10.7. The molecule has 1 amide bonds. The molecule has 0 radical (unpaired) electrons. The van der Waals surface area contributed by atoms with E-state index in [2.05, 4.69) is 20.8 Å². The Morgan fingerprint density at radius 2 is 1.93 bits per heavy atom. The van der Waals surface area contributed by atoms with Gasteiger partial charge in [0, 0.05) is 29.1 Å². The van der Waals surface area contributed by atoms with Crippen molar-refractivity contribution in [1.29, 1.82) is 0 Å². The van der Waals surface area contributed by atoms with Gasteiger partial charge in [-0.05, 0) is 24.3 Å². The first-order valence-electron chi connectivity index (χ1n) is 8.44. The molecule has 0 spiro atoms. The summed E-state index contributed by atoms with van der Waals surface area (Å²) in [7, 11) is 3.18. The van der Waals surface area contributed by atoms with Crippen molar-refractivity contribution in [2.24, 2.45) is 5.10 Å². The number of amides is 1. The summed E-state index contributed by atoms with van der Waals surface area (Å²) in [5.41, 5.74) is 6.26. The highest BCUT2D eigenvalue weighted by molar-refractivity contribution is 7.14. The molecule has 0 aliphatic heterocycles. The molecule has 8 heteroatoms. The number of carbonyl (C=O) groups is 1. The highest BCUT2D eigenvalue weighted by Gasteiger charge is 2.08. The van der Waals surface area contributed by atoms with Crippen LogP contribution in [0, 0.1) is 0 Å². The van der Waals surface area contributed by atoms with Crippen LogP contribution in [0.3, 0.4) is 0 Å². The molecule has 0 aliphatic rings. The van der Waals surface area contributed by atoms with Gasteiger partial charge in [-0.15, -0.1) is 11.3 Å². The first-order chi connectivity index (χ1) is 13.6. The summed E-state index contributed by atoms with van der Waals surface area (Å²) in [6, 6.07) is 13.1. The Morgan fingerprint density at radius 1 is 1.14 bits per heavy atom. The van der Waals surface area contributed by atoms with Crippen molar-refractivity contribution >= 4 is 34.3 Å². The zero-order chi connectivity index (χ0) is 19.9. The maximum Gasteiger partial charge on any atom is 0.221 e. The number of anilines is 2. The lowest BCUT2D eigenvalue weighted by Gasteiger charge is -2.09. The Kier molecular flexibility index (Phi) is 6.23. The Balaban J connectivity index is 1.68. The number of hydrazone groups is 1. The second-order valence-electron chi connectivity index (χ2n) is 5.75. The van der Waals surface area contributed by atoms with Gasteiger partial charge in [-0.2, -0.15) is 5.10 Å². The standard InChI is InChI=1S/C20H20N4O3S/c1-13(25)22-16-9-7-14(8-10-16)17-12-28-20(23-17)24-21-11-15-5-4-6-18(26-2)19(15)27-3/h4-12H,1-3H3,(H,22,25)(H,23,24)/b21-11-. The summed E-state index contributed by atoms with van der Waals surface area (Å²) in [6.07, 6.45) is 1.66. The minimum atomic E-state index is -0.0987. The predicted molar refractivity (Wildman–Crippen MR) is 113 cm³/mol. The molecule has 0 bridgehead atoms. The molecule has 3 aromatic rings. The molecule has 1 heterocycles. The highest BCUT2D eigenvalue weighted by atomic mass is 32.1. The van der Waals surface area contributed by atoms with Crippen molar-refractivity contribution in [3.8, 4) is 22.8 Å². The van der Waals surface area contributed by atoms with Crippen LogP contribution in [0.15, 0.2) is 52.9 Å². The number of nitrogens with zero attached hydrogens (tertiary/aromatic N) is 2. The van der Waals surface area contributed by atoms with Crippen LogP contribution in [0.4, 0.5) is 10.8 Å². The number of para-hydroxylation sites is 1. The first-order valence-corrected chi connectivity index (χ1v) is 9.32. The van der Waals surface area contributed by atoms with E-state index in [1.165, 1.54) is 18.3 Å². The SMILES string of the molecule is COc1cccc(/C=N\Nc2nc(-c3ccc(NC(C)=O)cc3)cs2)c1OC. The number of nitrogens with one attached hydrogen (secondary N) is 2. The van der Waals surface area contributed by atoms with E-state index < -0.39 is 0 Å². The summed E-state index contributed by atoms with van der Waals surface area (Å²) >= 11 is 1.45. The van der Waals surface area contributed by atoms with Crippen LogP contribution in [0.25, 0.3) is 11.3 Å². The summed E-state index contributed by atoms with van der Waals surface area (Å²) in [6.45, 7) is 1.48. The smallest absolute Gasteiger partial charge is 0.221 e. The number of hydrogen-bond acceptors (Lipinski definition) is 7. The fraction of sp³-hybridized carbons (Fsp3) is 0.150. The molecule has 1 aromatic heterocycles. The van der Waals surface area contributed by atoms with E-state index in [1.807, 2.05) is 47.8 Å². The van der Waals surface area contributed by atoms with Crippen LogP contribution in [-0.2, 0) is 4.79 Å². The molecule has 0 atom stereocenters. The largest absolute Gasteiger partial charge is 0.493 e. The van der Waals surface area contributed by atoms with E-state index in [0.717, 1.165) is 22.5 Å². The molecule has 0 fully saturated rings. The van der Waals surface area contributed by atoms with Gasteiger partial charge in [0.15, 0.2) is 11.5 Å². The van der Waals surface area contributed by atoms with E-state index in [1.54, 1.807) is 20.4 Å². The predicted octanol–water partition coefficient (Wildman–Crippen LogP) is 4.23. The fourth-order valence-corrected chi connectivity index (χ4v) is 3.22. The zero-order valence-electron chi connectivity index (χ0n) is 15.7. The zero-order valence-corrected chi connectivity index (χ0v) is 16.5. The van der Waals surface area contributed by atoms with Crippen molar-refractivity contribution in [2.75, 3.05) is 25.0 Å². The van der Waals surface area contributed by atoms with Gasteiger partial charge in [0.1, 0.15) is 0 Å². The molecule has 0 saturated heterocycles. The van der Waals surface area contributed by atoms with Gasteiger partial charge in [-0.25, -0.2) is 4.98 Å². The number of benzene rings is 2. The van der Waals surface area contributed by atoms with E-state index in [0.29, 0.717) is 16.6 Å². The van der Waals surface area contributed by atoms with Crippen molar-refractivity contribution in [3.05, 3.63) is 53.4 Å². The number of methoxy groups -OCH3 is 2. The van der Waals surface area contributed by atoms with Crippen LogP contribution in [0.1, 0.15) is 12.5 Å². The third-order valence-corrected chi connectivity index (χ3v) is 4.55. The molecule has 2 N–H and O–H groups in total. The van der Waals surface area contributed by atoms with E-state index in [4.69, 9.17) is 9.47 Å². The van der Waals surface area contributed by atoms with Crippen molar-refractivity contribution in [3.63, 3.8) is 0 Å². The molecule has 0 aliphatic carbocycles. The van der Waals surface area contributed by atoms with Gasteiger partial charge in [0.2, 0.25) is 11.0 Å². The lowest BCUT2D eigenvalue weighted by molar-refractivity contribution is -0.114. The maximum atomic E-state index is 11.1. The first kappa shape index (κ1) is 19.4. The summed E-state index contributed by atoms with van der Waals surface area (Å²) in [5.74, 6) is 1.17. The second kappa shape index (κ2) is 9.01. The van der Waals surface area contributed by atoms with Gasteiger partial charge in [-0.1, -0.05) is 18.2 Å². The van der Waals surface area contributed by atoms with Crippen LogP contribution in [0.5, 0.6) is 11.5 Å². The number of hydrogen-bond donors (Lipinski definition) is 2. The van der Waals surface area contributed by atoms with Gasteiger partial charge >= 0.3 is 0 Å². The van der Waals surface area contributed by atoms with Crippen molar-refractivity contribution in [1.82, 2.24) is 4.98 Å². The molecule has 0 saturated carbocycles. The topological polar surface area (TPSA) is 84.8 Å². The van der Waals surface area contributed by atoms with Gasteiger partial charge < -0.3 is 14.8 Å². The van der Waals surface area contributed by atoms with Crippen LogP contribution < -0.4 is 20.2 Å². The van der Waals surface area contributed by atoms with Gasteiger partial charge in [0.05, 0.1) is 26.1 Å². The summed E-state index contributed by atoms with van der Waals surface area (Å²) < 4.78 is 10.7. The van der Waals surface area contributed by atoms with E-state index in [-0.39, 0.29) is 5.91 Å². The maximum absolute atomic E-state index is 11.1. The lowest BCUT2D eigenvalue weighted by Crippen LogP contribution is -2.05. The van der Waals surface area contributed by atoms with E-state index >= 15 is 0 Å². The molecule has 3 rings (SSSR count). The number of carbonyl (C=O) groups excluding carboxylic acids is 1. The Bertz CT molecular complexity index is 983. The quantitative estimate of drug-likeness (QED) is 0.461. The number of rotatable bonds is 7. The fourth-order valence-electron chi connectivity index (χ4n) is 2.56. The van der Waals surface area contributed by atoms with Crippen molar-refractivity contribution < 1.29 is 14.3 Å². The van der Waals surface area contributed by atoms with Gasteiger partial charge in [-0.3, -0.25) is 10.2 Å². The molecule has 7 nitrogen and oxygen atoms in total. The van der Waals surface area contributed by atoms with Gasteiger partial charge in [0.25, 0.3) is 0 Å². The minimum Gasteiger partial charge on any atom is -0.493 e. The van der Waals surface area contributed by atoms with Crippen LogP contribution in [0.2, 0.25) is 0 Å². The third kappa shape index (κ3) is 4.66. The monoisotopic (exact) mass is 396 g/mol. The average molecular weight is 396 g/mol. The summed E-state index contributed by atoms with van der Waals surface area (Å²) in [5, 5.41) is 9.59. The number of ether oxygens (including phenoxy) is 2. The average Bonchev–Trinajstić information content (AvgIpc) is 3.16. The Labute approximate surface area is 167 Å². The van der Waals surface area contributed by atoms with Crippen molar-refractivity contribution in [2.45, 2.75) is 6.92 Å². The molecular weight excluding hydrogens is 376 g/mol. The lowest BCUT2D eigenvalue weighted by atomic mass is 10.1. The molecule has 144 valence electrons. The molecule has 28 heavy (non-hydrogen) atoms. The van der Waals surface area contributed by atoms with E-state index in [9.17, 15) is 4.79 Å². The van der Waals surface area contributed by atoms with Crippen LogP contribution in [-0.4, -0.2) is 31.3 Å². The highest BCUT2D eigenvalue weighted by Crippen LogP contribution is 2.30. The van der Waals surface area contributed by atoms with Crippen LogP contribution >= 0.6 is 11.3 Å². The number of aromatic nitrogens is 1. The minimum absolute atomic E-state index is 0.0987. The summed E-state index contributed by atoms with van der Waals surface area (Å²) in [4.78, 5) is 15.6. The Hall–Kier alpha value is -3.39.